The largest absolute Gasteiger partial charge is 0.461 e. The van der Waals surface area contributed by atoms with Crippen LogP contribution in [0.5, 0.6) is 0 Å². The fourth-order valence-electron chi connectivity index (χ4n) is 3.45. The minimum absolute atomic E-state index is 0.191. The summed E-state index contributed by atoms with van der Waals surface area (Å²) in [5.41, 5.74) is 4.01. The minimum atomic E-state index is -0.822. The van der Waals surface area contributed by atoms with Crippen molar-refractivity contribution in [2.45, 2.75) is 64.4 Å². The van der Waals surface area contributed by atoms with Crippen LogP contribution < -0.4 is 0 Å². The van der Waals surface area contributed by atoms with Crippen molar-refractivity contribution in [3.63, 3.8) is 0 Å². The van der Waals surface area contributed by atoms with Gasteiger partial charge in [0.1, 0.15) is 12.7 Å². The Morgan fingerprint density at radius 2 is 2.08 bits per heavy atom. The van der Waals surface area contributed by atoms with Crippen molar-refractivity contribution in [2.24, 2.45) is 0 Å². The normalized spacial score (nSPS) is 32.8. The topological polar surface area (TPSA) is 91.4 Å². The van der Waals surface area contributed by atoms with Crippen LogP contribution in [0, 0.1) is 0 Å². The molecule has 140 valence electrons. The Bertz CT molecular complexity index is 756. The van der Waals surface area contributed by atoms with E-state index in [1.54, 1.807) is 6.92 Å². The average Bonchev–Trinajstić information content (AvgIpc) is 3.11. The van der Waals surface area contributed by atoms with E-state index in [9.17, 15) is 14.4 Å². The first-order chi connectivity index (χ1) is 12.2. The zero-order chi connectivity index (χ0) is 19.1. The van der Waals surface area contributed by atoms with Gasteiger partial charge in [0.15, 0.2) is 12.2 Å². The molecule has 1 fully saturated rings. The Hall–Kier alpha value is -2.37. The van der Waals surface area contributed by atoms with Gasteiger partial charge in [-0.15, -0.1) is 5.73 Å². The van der Waals surface area contributed by atoms with E-state index < -0.39 is 35.7 Å². The first kappa shape index (κ1) is 18.4. The number of carbonyl (C=O) groups excluding carboxylic acids is 3. The molecule has 4 unspecified atom stereocenters. The van der Waals surface area contributed by atoms with E-state index in [4.69, 9.17) is 18.9 Å². The molecule has 7 heteroatoms. The number of ether oxygens (including phenoxy) is 4. The molecule has 1 aliphatic carbocycles. The van der Waals surface area contributed by atoms with Crippen LogP contribution in [-0.2, 0) is 33.3 Å². The molecule has 0 N–H and O–H groups in total. The van der Waals surface area contributed by atoms with E-state index in [0.29, 0.717) is 11.1 Å². The van der Waals surface area contributed by atoms with Crippen molar-refractivity contribution in [1.29, 1.82) is 0 Å². The maximum atomic E-state index is 12.5. The fourth-order valence-corrected chi connectivity index (χ4v) is 3.45. The van der Waals surface area contributed by atoms with Crippen LogP contribution in [0.3, 0.4) is 0 Å². The predicted octanol–water partition coefficient (Wildman–Crippen LogP) is 1.76. The second kappa shape index (κ2) is 6.74. The molecule has 0 bridgehead atoms. The van der Waals surface area contributed by atoms with Crippen molar-refractivity contribution in [2.75, 3.05) is 6.61 Å². The molecule has 0 aromatic carbocycles. The predicted molar refractivity (Wildman–Crippen MR) is 88.9 cm³/mol. The van der Waals surface area contributed by atoms with Gasteiger partial charge in [-0.2, -0.15) is 0 Å². The molecule has 3 aliphatic rings. The first-order valence-electron chi connectivity index (χ1n) is 8.57. The van der Waals surface area contributed by atoms with Crippen LogP contribution in [-0.4, -0.2) is 48.4 Å². The summed E-state index contributed by atoms with van der Waals surface area (Å²) in [5, 5.41) is 0. The zero-order valence-electron chi connectivity index (χ0n) is 15.3. The lowest BCUT2D eigenvalue weighted by molar-refractivity contribution is -0.144. The number of carbonyl (C=O) groups is 3. The molecule has 4 atom stereocenters. The van der Waals surface area contributed by atoms with Crippen molar-refractivity contribution >= 4 is 17.9 Å². The number of fused-ring (bicyclic) bond motifs is 3. The van der Waals surface area contributed by atoms with E-state index in [1.165, 1.54) is 13.8 Å². The Morgan fingerprint density at radius 3 is 2.73 bits per heavy atom. The molecular weight excluding hydrogens is 340 g/mol. The molecule has 0 aromatic heterocycles. The van der Waals surface area contributed by atoms with Gasteiger partial charge in [0.25, 0.3) is 0 Å². The van der Waals surface area contributed by atoms with Crippen molar-refractivity contribution in [3.8, 4) is 0 Å². The number of hydrogen-bond donors (Lipinski definition) is 0. The minimum Gasteiger partial charge on any atom is -0.461 e. The monoisotopic (exact) mass is 362 g/mol. The van der Waals surface area contributed by atoms with Crippen molar-refractivity contribution in [3.05, 3.63) is 28.5 Å². The summed E-state index contributed by atoms with van der Waals surface area (Å²) in [4.78, 5) is 35.3. The van der Waals surface area contributed by atoms with Crippen molar-refractivity contribution < 1.29 is 33.3 Å². The van der Waals surface area contributed by atoms with Gasteiger partial charge in [0.2, 0.25) is 0 Å². The van der Waals surface area contributed by atoms with Gasteiger partial charge in [-0.25, -0.2) is 4.79 Å². The second-order valence-electron chi connectivity index (χ2n) is 6.95. The molecule has 2 heterocycles. The van der Waals surface area contributed by atoms with Crippen LogP contribution in [0.1, 0.15) is 40.5 Å². The highest BCUT2D eigenvalue weighted by atomic mass is 16.6. The highest BCUT2D eigenvalue weighted by Crippen LogP contribution is 2.48. The van der Waals surface area contributed by atoms with Gasteiger partial charge in [0.05, 0.1) is 11.2 Å². The van der Waals surface area contributed by atoms with E-state index in [-0.39, 0.29) is 18.3 Å². The Morgan fingerprint density at radius 1 is 1.35 bits per heavy atom. The molecule has 26 heavy (non-hydrogen) atoms. The SMILES string of the molecule is CC(=O)OCC1=C2C(OC(C)=O)C(C)=C=CCCC3(C)OC3C2OC1=O. The summed E-state index contributed by atoms with van der Waals surface area (Å²) in [6.07, 6.45) is 1.55. The smallest absolute Gasteiger partial charge is 0.338 e. The third-order valence-electron chi connectivity index (χ3n) is 4.85. The standard InChI is InChI=1S/C19H22O7/c1-10-7-5-6-8-19(4)17(26-19)16-14(15(10)24-12(3)21)13(18(22)25-16)9-23-11(2)20/h5,15-17H,6,8-9H2,1-4H3. The summed E-state index contributed by atoms with van der Waals surface area (Å²) in [6.45, 7) is 6.05. The Labute approximate surface area is 151 Å². The van der Waals surface area contributed by atoms with Crippen LogP contribution >= 0.6 is 0 Å². The van der Waals surface area contributed by atoms with E-state index >= 15 is 0 Å². The lowest BCUT2D eigenvalue weighted by atomic mass is 9.88. The molecule has 0 spiro atoms. The van der Waals surface area contributed by atoms with Gasteiger partial charge >= 0.3 is 17.9 Å². The molecule has 0 aromatic rings. The van der Waals surface area contributed by atoms with E-state index in [2.05, 4.69) is 5.73 Å². The van der Waals surface area contributed by atoms with E-state index in [1.807, 2.05) is 13.0 Å². The summed E-state index contributed by atoms with van der Waals surface area (Å²) < 4.78 is 21.9. The molecular formula is C19H22O7. The van der Waals surface area contributed by atoms with Gasteiger partial charge in [0, 0.05) is 25.0 Å². The lowest BCUT2D eigenvalue weighted by Crippen LogP contribution is -2.33. The van der Waals surface area contributed by atoms with Crippen LogP contribution in [0.4, 0.5) is 0 Å². The third kappa shape index (κ3) is 3.45. The highest BCUT2D eigenvalue weighted by Gasteiger charge is 2.61. The number of hydrogen-bond acceptors (Lipinski definition) is 7. The molecule has 0 radical (unpaired) electrons. The molecule has 7 nitrogen and oxygen atoms in total. The molecule has 0 amide bonds. The summed E-state index contributed by atoms with van der Waals surface area (Å²) in [7, 11) is 0. The first-order valence-corrected chi connectivity index (χ1v) is 8.57. The van der Waals surface area contributed by atoms with Crippen molar-refractivity contribution in [1.82, 2.24) is 0 Å². The van der Waals surface area contributed by atoms with Gasteiger partial charge in [-0.3, -0.25) is 9.59 Å². The Kier molecular flexibility index (Phi) is 4.78. The Balaban J connectivity index is 2.10. The molecule has 0 saturated carbocycles. The maximum Gasteiger partial charge on any atom is 0.338 e. The lowest BCUT2D eigenvalue weighted by Gasteiger charge is -2.23. The highest BCUT2D eigenvalue weighted by molar-refractivity contribution is 5.93. The maximum absolute atomic E-state index is 12.5. The number of epoxide rings is 1. The summed E-state index contributed by atoms with van der Waals surface area (Å²) >= 11 is 0. The number of rotatable bonds is 3. The molecule has 3 rings (SSSR count). The van der Waals surface area contributed by atoms with Crippen LogP contribution in [0.15, 0.2) is 28.5 Å². The quantitative estimate of drug-likeness (QED) is 0.327. The summed E-state index contributed by atoms with van der Waals surface area (Å²) in [5.74, 6) is -1.60. The average molecular weight is 362 g/mol. The van der Waals surface area contributed by atoms with Gasteiger partial charge < -0.3 is 18.9 Å². The molecule has 2 aliphatic heterocycles. The van der Waals surface area contributed by atoms with Crippen LogP contribution in [0.25, 0.3) is 0 Å². The van der Waals surface area contributed by atoms with Crippen LogP contribution in [0.2, 0.25) is 0 Å². The fraction of sp³-hybridized carbons (Fsp3) is 0.579. The third-order valence-corrected chi connectivity index (χ3v) is 4.85. The van der Waals surface area contributed by atoms with Gasteiger partial charge in [-0.05, 0) is 32.8 Å². The van der Waals surface area contributed by atoms with Gasteiger partial charge in [-0.1, -0.05) is 0 Å². The van der Waals surface area contributed by atoms with E-state index in [0.717, 1.165) is 12.8 Å². The molecule has 1 saturated heterocycles. The second-order valence-corrected chi connectivity index (χ2v) is 6.95. The number of esters is 3. The zero-order valence-corrected chi connectivity index (χ0v) is 15.3. The summed E-state index contributed by atoms with van der Waals surface area (Å²) in [6, 6.07) is 0.